The van der Waals surface area contributed by atoms with E-state index in [0.717, 1.165) is 13.0 Å². The third kappa shape index (κ3) is 4.00. The number of carboxylic acid groups (broad SMARTS) is 1. The molecule has 1 rings (SSSR count). The Morgan fingerprint density at radius 2 is 2.12 bits per heavy atom. The molecule has 0 saturated carbocycles. The van der Waals surface area contributed by atoms with Crippen molar-refractivity contribution in [1.29, 1.82) is 0 Å². The zero-order valence-corrected chi connectivity index (χ0v) is 10.7. The van der Waals surface area contributed by atoms with E-state index in [-0.39, 0.29) is 30.3 Å². The fourth-order valence-corrected chi connectivity index (χ4v) is 2.10. The maximum Gasteiger partial charge on any atom is 0.305 e. The van der Waals surface area contributed by atoms with Crippen LogP contribution in [-0.2, 0) is 9.59 Å². The Labute approximate surface area is 102 Å². The van der Waals surface area contributed by atoms with E-state index in [1.165, 1.54) is 0 Å². The molecule has 0 radical (unpaired) electrons. The van der Waals surface area contributed by atoms with Gasteiger partial charge in [-0.25, -0.2) is 0 Å². The molecular weight excluding hydrogens is 220 g/mol. The highest BCUT2D eigenvalue weighted by atomic mass is 16.4. The standard InChI is InChI=1S/C12H22N2O3/c1-7(2)9(6-10(15)16)14-12(17)11-8(3)4-5-13-11/h7-9,11,13H,4-6H2,1-3H3,(H,14,17)(H,15,16). The first-order chi connectivity index (χ1) is 7.91. The summed E-state index contributed by atoms with van der Waals surface area (Å²) in [7, 11) is 0. The van der Waals surface area contributed by atoms with Crippen LogP contribution in [0, 0.1) is 11.8 Å². The summed E-state index contributed by atoms with van der Waals surface area (Å²) in [4.78, 5) is 22.7. The normalized spacial score (nSPS) is 25.9. The van der Waals surface area contributed by atoms with Crippen LogP contribution in [0.1, 0.15) is 33.6 Å². The summed E-state index contributed by atoms with van der Waals surface area (Å²) in [6.07, 6.45) is 0.966. The number of nitrogens with one attached hydrogen (secondary N) is 2. The maximum atomic E-state index is 12.0. The van der Waals surface area contributed by atoms with Crippen molar-refractivity contribution in [3.8, 4) is 0 Å². The summed E-state index contributed by atoms with van der Waals surface area (Å²) < 4.78 is 0. The van der Waals surface area contributed by atoms with E-state index in [1.54, 1.807) is 0 Å². The molecule has 1 amide bonds. The lowest BCUT2D eigenvalue weighted by Gasteiger charge is -2.24. The van der Waals surface area contributed by atoms with Crippen molar-refractivity contribution in [1.82, 2.24) is 10.6 Å². The van der Waals surface area contributed by atoms with Crippen LogP contribution in [0.5, 0.6) is 0 Å². The third-order valence-electron chi connectivity index (χ3n) is 3.34. The molecule has 0 bridgehead atoms. The molecule has 0 aromatic carbocycles. The van der Waals surface area contributed by atoms with Crippen LogP contribution in [0.15, 0.2) is 0 Å². The molecular formula is C12H22N2O3. The number of aliphatic carboxylic acids is 1. The number of hydrogen-bond donors (Lipinski definition) is 3. The first kappa shape index (κ1) is 14.0. The van der Waals surface area contributed by atoms with Gasteiger partial charge in [-0.1, -0.05) is 20.8 Å². The minimum atomic E-state index is -0.878. The lowest BCUT2D eigenvalue weighted by atomic mass is 9.98. The van der Waals surface area contributed by atoms with Crippen molar-refractivity contribution in [3.05, 3.63) is 0 Å². The number of carbonyl (C=O) groups is 2. The van der Waals surface area contributed by atoms with Gasteiger partial charge in [0, 0.05) is 6.04 Å². The summed E-state index contributed by atoms with van der Waals surface area (Å²) in [6.45, 7) is 6.72. The molecule has 5 heteroatoms. The Kier molecular flexibility index (Phi) is 4.93. The fourth-order valence-electron chi connectivity index (χ4n) is 2.10. The summed E-state index contributed by atoms with van der Waals surface area (Å²) in [5, 5.41) is 14.8. The van der Waals surface area contributed by atoms with Crippen LogP contribution in [0.4, 0.5) is 0 Å². The van der Waals surface area contributed by atoms with Crippen LogP contribution >= 0.6 is 0 Å². The molecule has 3 atom stereocenters. The van der Waals surface area contributed by atoms with Gasteiger partial charge in [0.1, 0.15) is 0 Å². The third-order valence-corrected chi connectivity index (χ3v) is 3.34. The lowest BCUT2D eigenvalue weighted by Crippen LogP contribution is -2.49. The van der Waals surface area contributed by atoms with Crippen LogP contribution in [0.2, 0.25) is 0 Å². The van der Waals surface area contributed by atoms with Crippen molar-refractivity contribution < 1.29 is 14.7 Å². The molecule has 0 aromatic heterocycles. The van der Waals surface area contributed by atoms with E-state index < -0.39 is 5.97 Å². The highest BCUT2D eigenvalue weighted by molar-refractivity contribution is 5.83. The van der Waals surface area contributed by atoms with Gasteiger partial charge < -0.3 is 15.7 Å². The van der Waals surface area contributed by atoms with E-state index >= 15 is 0 Å². The Bertz CT molecular complexity index is 291. The van der Waals surface area contributed by atoms with E-state index in [0.29, 0.717) is 5.92 Å². The summed E-state index contributed by atoms with van der Waals surface area (Å²) >= 11 is 0. The van der Waals surface area contributed by atoms with Gasteiger partial charge in [0.15, 0.2) is 0 Å². The van der Waals surface area contributed by atoms with Gasteiger partial charge in [-0.2, -0.15) is 0 Å². The molecule has 17 heavy (non-hydrogen) atoms. The molecule has 0 aromatic rings. The first-order valence-corrected chi connectivity index (χ1v) is 6.17. The Morgan fingerprint density at radius 3 is 2.53 bits per heavy atom. The molecule has 1 fully saturated rings. The van der Waals surface area contributed by atoms with Gasteiger partial charge in [0.2, 0.25) is 5.91 Å². The second-order valence-corrected chi connectivity index (χ2v) is 5.15. The molecule has 5 nitrogen and oxygen atoms in total. The number of rotatable bonds is 5. The number of carbonyl (C=O) groups excluding carboxylic acids is 1. The first-order valence-electron chi connectivity index (χ1n) is 6.17. The van der Waals surface area contributed by atoms with Crippen LogP contribution in [0.25, 0.3) is 0 Å². The zero-order chi connectivity index (χ0) is 13.0. The molecule has 1 saturated heterocycles. The van der Waals surface area contributed by atoms with Crippen molar-refractivity contribution in [2.45, 2.75) is 45.7 Å². The van der Waals surface area contributed by atoms with Gasteiger partial charge in [-0.15, -0.1) is 0 Å². The predicted octanol–water partition coefficient (Wildman–Crippen LogP) is 0.600. The number of amides is 1. The van der Waals surface area contributed by atoms with E-state index in [9.17, 15) is 9.59 Å². The Morgan fingerprint density at radius 1 is 1.47 bits per heavy atom. The lowest BCUT2D eigenvalue weighted by molar-refractivity contribution is -0.138. The van der Waals surface area contributed by atoms with Crippen molar-refractivity contribution >= 4 is 11.9 Å². The van der Waals surface area contributed by atoms with Crippen molar-refractivity contribution in [2.75, 3.05) is 6.54 Å². The second kappa shape index (κ2) is 6.00. The SMILES string of the molecule is CC(C)C(CC(=O)O)NC(=O)C1NCCC1C. The molecule has 1 aliphatic heterocycles. The monoisotopic (exact) mass is 242 g/mol. The highest BCUT2D eigenvalue weighted by Gasteiger charge is 2.31. The van der Waals surface area contributed by atoms with Gasteiger partial charge in [-0.3, -0.25) is 9.59 Å². The highest BCUT2D eigenvalue weighted by Crippen LogP contribution is 2.15. The van der Waals surface area contributed by atoms with Gasteiger partial charge in [0.25, 0.3) is 0 Å². The topological polar surface area (TPSA) is 78.4 Å². The fraction of sp³-hybridized carbons (Fsp3) is 0.833. The predicted molar refractivity (Wildman–Crippen MR) is 64.6 cm³/mol. The van der Waals surface area contributed by atoms with Gasteiger partial charge in [-0.05, 0) is 24.8 Å². The summed E-state index contributed by atoms with van der Waals surface area (Å²) in [6, 6.07) is -0.473. The summed E-state index contributed by atoms with van der Waals surface area (Å²) in [5.41, 5.74) is 0. The molecule has 98 valence electrons. The molecule has 3 unspecified atom stereocenters. The molecule has 0 spiro atoms. The minimum Gasteiger partial charge on any atom is -0.481 e. The van der Waals surface area contributed by atoms with E-state index in [1.807, 2.05) is 20.8 Å². The van der Waals surface area contributed by atoms with Crippen LogP contribution < -0.4 is 10.6 Å². The smallest absolute Gasteiger partial charge is 0.305 e. The maximum absolute atomic E-state index is 12.0. The van der Waals surface area contributed by atoms with Crippen molar-refractivity contribution in [3.63, 3.8) is 0 Å². The molecule has 3 N–H and O–H groups in total. The minimum absolute atomic E-state index is 0.0233. The quantitative estimate of drug-likeness (QED) is 0.659. The molecule has 1 heterocycles. The van der Waals surface area contributed by atoms with Gasteiger partial charge in [0.05, 0.1) is 12.5 Å². The Hall–Kier alpha value is -1.10. The number of carboxylic acids is 1. The average Bonchev–Trinajstić information content (AvgIpc) is 2.62. The van der Waals surface area contributed by atoms with E-state index in [2.05, 4.69) is 10.6 Å². The Balaban J connectivity index is 2.54. The van der Waals surface area contributed by atoms with Crippen LogP contribution in [-0.4, -0.2) is 35.6 Å². The summed E-state index contributed by atoms with van der Waals surface area (Å²) in [5.74, 6) is -0.522. The second-order valence-electron chi connectivity index (χ2n) is 5.15. The van der Waals surface area contributed by atoms with Crippen LogP contribution in [0.3, 0.4) is 0 Å². The zero-order valence-electron chi connectivity index (χ0n) is 10.7. The largest absolute Gasteiger partial charge is 0.481 e. The molecule has 0 aliphatic carbocycles. The number of hydrogen-bond acceptors (Lipinski definition) is 3. The van der Waals surface area contributed by atoms with Crippen molar-refractivity contribution in [2.24, 2.45) is 11.8 Å². The van der Waals surface area contributed by atoms with Gasteiger partial charge >= 0.3 is 5.97 Å². The average molecular weight is 242 g/mol. The van der Waals surface area contributed by atoms with E-state index in [4.69, 9.17) is 5.11 Å². The molecule has 1 aliphatic rings.